The quantitative estimate of drug-likeness (QED) is 0.871. The van der Waals surface area contributed by atoms with Gasteiger partial charge in [0.25, 0.3) is 0 Å². The van der Waals surface area contributed by atoms with E-state index in [9.17, 15) is 9.90 Å². The Labute approximate surface area is 116 Å². The molecule has 0 spiro atoms. The van der Waals surface area contributed by atoms with Gasteiger partial charge in [0.05, 0.1) is 13.3 Å². The number of rotatable bonds is 2. The molecule has 1 aliphatic heterocycles. The molecule has 0 unspecified atom stereocenters. The van der Waals surface area contributed by atoms with Crippen molar-refractivity contribution in [2.75, 3.05) is 12.4 Å². The molecule has 1 aliphatic rings. The average molecular weight is 273 g/mol. The van der Waals surface area contributed by atoms with Crippen LogP contribution < -0.4 is 10.1 Å². The number of ether oxygens (including phenoxy) is 1. The number of carbonyl (C=O) groups excluding carboxylic acids is 1. The van der Waals surface area contributed by atoms with E-state index >= 15 is 0 Å². The molecule has 6 nitrogen and oxygen atoms in total. The molecule has 0 fully saturated rings. The predicted octanol–water partition coefficient (Wildman–Crippen LogP) is 1.61. The standard InChI is InChI=1S/C14H15N3O3/c1-17-14-10(7-15-17)9(6-13(19)16-14)8-3-4-11(18)12(5-8)20-2/h3-5,7,9,18H,6H2,1-2H3,(H,16,19)/t9-/m0/s1. The maximum absolute atomic E-state index is 11.8. The molecule has 1 aromatic heterocycles. The van der Waals surface area contributed by atoms with Gasteiger partial charge in [-0.15, -0.1) is 0 Å². The molecule has 1 amide bonds. The number of aromatic hydroxyl groups is 1. The van der Waals surface area contributed by atoms with Crippen LogP contribution in [0.15, 0.2) is 24.4 Å². The number of phenols is 1. The van der Waals surface area contributed by atoms with Gasteiger partial charge in [0.1, 0.15) is 5.82 Å². The van der Waals surface area contributed by atoms with Crippen molar-refractivity contribution in [1.82, 2.24) is 9.78 Å². The van der Waals surface area contributed by atoms with Crippen LogP contribution in [0.25, 0.3) is 0 Å². The van der Waals surface area contributed by atoms with Crippen LogP contribution in [0.3, 0.4) is 0 Å². The fourth-order valence-electron chi connectivity index (χ4n) is 2.55. The zero-order valence-corrected chi connectivity index (χ0v) is 11.3. The Morgan fingerprint density at radius 2 is 2.30 bits per heavy atom. The van der Waals surface area contributed by atoms with Crippen molar-refractivity contribution in [2.24, 2.45) is 7.05 Å². The molecule has 104 valence electrons. The number of nitrogens with one attached hydrogen (secondary N) is 1. The summed E-state index contributed by atoms with van der Waals surface area (Å²) in [7, 11) is 3.29. The van der Waals surface area contributed by atoms with Crippen molar-refractivity contribution in [3.05, 3.63) is 35.5 Å². The van der Waals surface area contributed by atoms with E-state index in [0.717, 1.165) is 16.9 Å². The number of hydrogen-bond acceptors (Lipinski definition) is 4. The number of fused-ring (bicyclic) bond motifs is 1. The monoisotopic (exact) mass is 273 g/mol. The van der Waals surface area contributed by atoms with Crippen LogP contribution in [0.5, 0.6) is 11.5 Å². The number of benzene rings is 1. The minimum atomic E-state index is -0.0815. The van der Waals surface area contributed by atoms with Crippen LogP contribution >= 0.6 is 0 Å². The second kappa shape index (κ2) is 4.56. The number of hydrogen-bond donors (Lipinski definition) is 2. The first-order valence-corrected chi connectivity index (χ1v) is 6.28. The van der Waals surface area contributed by atoms with E-state index in [0.29, 0.717) is 12.2 Å². The van der Waals surface area contributed by atoms with Crippen molar-refractivity contribution < 1.29 is 14.6 Å². The van der Waals surface area contributed by atoms with E-state index < -0.39 is 0 Å². The Hall–Kier alpha value is -2.50. The number of phenolic OH excluding ortho intramolecular Hbond substituents is 1. The third-order valence-electron chi connectivity index (χ3n) is 3.60. The highest BCUT2D eigenvalue weighted by molar-refractivity contribution is 5.94. The highest BCUT2D eigenvalue weighted by atomic mass is 16.5. The van der Waals surface area contributed by atoms with Gasteiger partial charge in [-0.2, -0.15) is 5.10 Å². The van der Waals surface area contributed by atoms with Crippen LogP contribution in [0, 0.1) is 0 Å². The molecule has 2 heterocycles. The summed E-state index contributed by atoms with van der Waals surface area (Å²) in [5.74, 6) is 1.08. The molecule has 6 heteroatoms. The van der Waals surface area contributed by atoms with Gasteiger partial charge in [0, 0.05) is 24.9 Å². The van der Waals surface area contributed by atoms with Crippen LogP contribution in [0.4, 0.5) is 5.82 Å². The number of nitrogens with zero attached hydrogens (tertiary/aromatic N) is 2. The van der Waals surface area contributed by atoms with E-state index in [-0.39, 0.29) is 17.6 Å². The second-order valence-electron chi connectivity index (χ2n) is 4.81. The molecule has 0 saturated carbocycles. The Morgan fingerprint density at radius 1 is 1.50 bits per heavy atom. The van der Waals surface area contributed by atoms with Crippen molar-refractivity contribution in [3.8, 4) is 11.5 Å². The number of aryl methyl sites for hydroxylation is 1. The maximum atomic E-state index is 11.8. The Balaban J connectivity index is 2.08. The third kappa shape index (κ3) is 1.89. The van der Waals surface area contributed by atoms with Crippen LogP contribution in [-0.4, -0.2) is 27.9 Å². The Morgan fingerprint density at radius 3 is 3.05 bits per heavy atom. The third-order valence-corrected chi connectivity index (χ3v) is 3.60. The minimum absolute atomic E-state index is 0.0434. The van der Waals surface area contributed by atoms with Crippen molar-refractivity contribution in [1.29, 1.82) is 0 Å². The number of amides is 1. The van der Waals surface area contributed by atoms with Crippen LogP contribution in [0.1, 0.15) is 23.5 Å². The molecule has 0 aliphatic carbocycles. The molecule has 0 radical (unpaired) electrons. The number of carbonyl (C=O) groups is 1. The Kier molecular flexibility index (Phi) is 2.85. The van der Waals surface area contributed by atoms with Crippen molar-refractivity contribution >= 4 is 11.7 Å². The van der Waals surface area contributed by atoms with Crippen LogP contribution in [0.2, 0.25) is 0 Å². The molecular formula is C14H15N3O3. The lowest BCUT2D eigenvalue weighted by Crippen LogP contribution is -2.24. The minimum Gasteiger partial charge on any atom is -0.504 e. The molecule has 0 saturated heterocycles. The SMILES string of the molecule is COc1cc([C@@H]2CC(=O)Nc3c2cnn3C)ccc1O. The first-order valence-electron chi connectivity index (χ1n) is 6.28. The smallest absolute Gasteiger partial charge is 0.226 e. The normalized spacial score (nSPS) is 17.5. The second-order valence-corrected chi connectivity index (χ2v) is 4.81. The lowest BCUT2D eigenvalue weighted by Gasteiger charge is -2.23. The van der Waals surface area contributed by atoms with E-state index in [1.807, 2.05) is 0 Å². The van der Waals surface area contributed by atoms with Gasteiger partial charge < -0.3 is 15.2 Å². The molecule has 2 N–H and O–H groups in total. The van der Waals surface area contributed by atoms with E-state index in [1.165, 1.54) is 7.11 Å². The summed E-state index contributed by atoms with van der Waals surface area (Å²) in [6.07, 6.45) is 2.12. The van der Waals surface area contributed by atoms with Gasteiger partial charge in [0.15, 0.2) is 11.5 Å². The summed E-state index contributed by atoms with van der Waals surface area (Å²) in [6, 6.07) is 5.14. The maximum Gasteiger partial charge on any atom is 0.226 e. The molecule has 1 aromatic carbocycles. The van der Waals surface area contributed by atoms with E-state index in [2.05, 4.69) is 10.4 Å². The lowest BCUT2D eigenvalue weighted by molar-refractivity contribution is -0.116. The largest absolute Gasteiger partial charge is 0.504 e. The van der Waals surface area contributed by atoms with Gasteiger partial charge in [0.2, 0.25) is 5.91 Å². The molecule has 20 heavy (non-hydrogen) atoms. The summed E-state index contributed by atoms with van der Waals surface area (Å²) in [5.41, 5.74) is 1.89. The summed E-state index contributed by atoms with van der Waals surface area (Å²) >= 11 is 0. The van der Waals surface area contributed by atoms with Crippen molar-refractivity contribution in [3.63, 3.8) is 0 Å². The lowest BCUT2D eigenvalue weighted by atomic mass is 9.87. The predicted molar refractivity (Wildman–Crippen MR) is 73.0 cm³/mol. The van der Waals surface area contributed by atoms with E-state index in [1.54, 1.807) is 36.1 Å². The summed E-state index contributed by atoms with van der Waals surface area (Å²) in [5, 5.41) is 16.7. The fraction of sp³-hybridized carbons (Fsp3) is 0.286. The zero-order valence-electron chi connectivity index (χ0n) is 11.3. The summed E-state index contributed by atoms with van der Waals surface area (Å²) in [6.45, 7) is 0. The highest BCUT2D eigenvalue weighted by Gasteiger charge is 2.29. The van der Waals surface area contributed by atoms with Gasteiger partial charge in [-0.3, -0.25) is 9.48 Å². The van der Waals surface area contributed by atoms with Crippen LogP contribution in [-0.2, 0) is 11.8 Å². The van der Waals surface area contributed by atoms with E-state index in [4.69, 9.17) is 4.74 Å². The highest BCUT2D eigenvalue weighted by Crippen LogP contribution is 2.39. The topological polar surface area (TPSA) is 76.4 Å². The van der Waals surface area contributed by atoms with Gasteiger partial charge in [-0.1, -0.05) is 6.07 Å². The summed E-state index contributed by atoms with van der Waals surface area (Å²) in [4.78, 5) is 11.8. The number of aromatic nitrogens is 2. The Bertz CT molecular complexity index is 678. The first-order chi connectivity index (χ1) is 9.60. The molecule has 1 atom stereocenters. The zero-order chi connectivity index (χ0) is 14.3. The number of anilines is 1. The van der Waals surface area contributed by atoms with Gasteiger partial charge in [-0.05, 0) is 17.7 Å². The van der Waals surface area contributed by atoms with Gasteiger partial charge >= 0.3 is 0 Å². The molecule has 3 rings (SSSR count). The summed E-state index contributed by atoms with van der Waals surface area (Å²) < 4.78 is 6.77. The van der Waals surface area contributed by atoms with Crippen molar-refractivity contribution in [2.45, 2.75) is 12.3 Å². The first kappa shape index (κ1) is 12.5. The molecular weight excluding hydrogens is 258 g/mol. The average Bonchev–Trinajstić information content (AvgIpc) is 2.80. The molecule has 0 bridgehead atoms. The van der Waals surface area contributed by atoms with Gasteiger partial charge in [-0.25, -0.2) is 0 Å². The molecule has 2 aromatic rings. The number of methoxy groups -OCH3 is 1. The fourth-order valence-corrected chi connectivity index (χ4v) is 2.55.